The summed E-state index contributed by atoms with van der Waals surface area (Å²) in [5.74, 6) is 0.456. The third-order valence-corrected chi connectivity index (χ3v) is 10.5. The first-order valence-corrected chi connectivity index (χ1v) is 20.1. The molecule has 0 radical (unpaired) electrons. The number of benzene rings is 4. The third kappa shape index (κ3) is 10.2. The molecule has 2 heterocycles. The molecule has 0 fully saturated rings. The first-order chi connectivity index (χ1) is 28.5. The fourth-order valence-corrected chi connectivity index (χ4v) is 7.20. The van der Waals surface area contributed by atoms with Gasteiger partial charge in [0, 0.05) is 18.7 Å². The maximum absolute atomic E-state index is 13.6. The number of rotatable bonds is 16. The highest BCUT2D eigenvalue weighted by Crippen LogP contribution is 2.30. The van der Waals surface area contributed by atoms with Crippen molar-refractivity contribution in [3.8, 4) is 39.7 Å². The van der Waals surface area contributed by atoms with Crippen molar-refractivity contribution >= 4 is 28.7 Å². The molecule has 12 nitrogen and oxygen atoms in total. The molecule has 4 aromatic carbocycles. The van der Waals surface area contributed by atoms with Crippen molar-refractivity contribution in [2.75, 3.05) is 20.2 Å². The van der Waals surface area contributed by atoms with Crippen LogP contribution in [0.1, 0.15) is 64.3 Å². The summed E-state index contributed by atoms with van der Waals surface area (Å²) >= 11 is 0. The number of methoxy groups -OCH3 is 1. The topological polar surface area (TPSA) is 160 Å². The average molecular weight is 793 g/mol. The molecule has 0 saturated carbocycles. The van der Waals surface area contributed by atoms with Crippen molar-refractivity contribution in [2.45, 2.75) is 66.1 Å². The van der Waals surface area contributed by atoms with Gasteiger partial charge < -0.3 is 29.8 Å². The van der Waals surface area contributed by atoms with Gasteiger partial charge >= 0.3 is 6.09 Å². The highest BCUT2D eigenvalue weighted by molar-refractivity contribution is 5.91. The molecule has 0 aliphatic rings. The van der Waals surface area contributed by atoms with Gasteiger partial charge in [0.1, 0.15) is 17.7 Å². The number of nitriles is 1. The second-order valence-corrected chi connectivity index (χ2v) is 15.3. The molecular weight excluding hydrogens is 741 g/mol. The lowest BCUT2D eigenvalue weighted by Crippen LogP contribution is -2.51. The Morgan fingerprint density at radius 1 is 0.814 bits per heavy atom. The van der Waals surface area contributed by atoms with Gasteiger partial charge in [0.25, 0.3) is 0 Å². The smallest absolute Gasteiger partial charge is 0.407 e. The van der Waals surface area contributed by atoms with Crippen molar-refractivity contribution < 1.29 is 19.1 Å². The van der Waals surface area contributed by atoms with Crippen molar-refractivity contribution in [1.29, 1.82) is 5.26 Å². The van der Waals surface area contributed by atoms with Gasteiger partial charge in [0.05, 0.1) is 61.9 Å². The first kappa shape index (κ1) is 41.9. The number of fused-ring (bicyclic) bond motifs is 1. The molecule has 0 bridgehead atoms. The minimum absolute atomic E-state index is 0.0820. The van der Waals surface area contributed by atoms with Gasteiger partial charge in [-0.05, 0) is 71.3 Å². The first-order valence-electron chi connectivity index (χ1n) is 20.1. The summed E-state index contributed by atoms with van der Waals surface area (Å²) < 4.78 is 4.74. The van der Waals surface area contributed by atoms with Crippen LogP contribution in [0.2, 0.25) is 0 Å². The Kier molecular flexibility index (Phi) is 13.6. The largest absolute Gasteiger partial charge is 0.453 e. The maximum atomic E-state index is 13.6. The van der Waals surface area contributed by atoms with Crippen molar-refractivity contribution in [1.82, 2.24) is 35.1 Å². The standard InChI is InChI=1S/C47H52N8O4/c1-7-21-55(43(56)22-33-11-9-8-10-12-33)32(5)45-50-27-40(52-45)35-15-13-34(14-16-35)36-17-18-38-24-39(20-19-37(38)23-36)41-26-49-42(51-41)29-54(28-31(4)25-48)46(57)44(30(2)3)53-47(58)59-6/h8-20,23-24,26-27,30-32,44H,7,21-22,28-29H2,1-6H3,(H,49,51)(H,50,52)(H,53,58)/t31-,32-,44-/m0/s1. The van der Waals surface area contributed by atoms with Crippen LogP contribution in [-0.2, 0) is 27.3 Å². The van der Waals surface area contributed by atoms with Crippen LogP contribution in [-0.4, -0.2) is 73.9 Å². The number of alkyl carbamates (subject to hydrolysis) is 1. The van der Waals surface area contributed by atoms with E-state index < -0.39 is 18.1 Å². The zero-order valence-electron chi connectivity index (χ0n) is 34.5. The molecule has 3 N–H and O–H groups in total. The fourth-order valence-electron chi connectivity index (χ4n) is 7.20. The van der Waals surface area contributed by atoms with Gasteiger partial charge in [-0.3, -0.25) is 9.59 Å². The van der Waals surface area contributed by atoms with E-state index in [4.69, 9.17) is 4.74 Å². The number of hydrogen-bond acceptors (Lipinski definition) is 7. The molecule has 0 aliphatic heterocycles. The second kappa shape index (κ2) is 19.1. The fraction of sp³-hybridized carbons (Fsp3) is 0.319. The number of hydrogen-bond donors (Lipinski definition) is 3. The van der Waals surface area contributed by atoms with E-state index >= 15 is 0 Å². The zero-order chi connectivity index (χ0) is 42.1. The number of nitrogens with zero attached hydrogens (tertiary/aromatic N) is 5. The molecule has 59 heavy (non-hydrogen) atoms. The third-order valence-electron chi connectivity index (χ3n) is 10.5. The van der Waals surface area contributed by atoms with Crippen LogP contribution in [0.5, 0.6) is 0 Å². The molecular formula is C47H52N8O4. The molecule has 2 aromatic heterocycles. The number of imidazole rings is 2. The lowest BCUT2D eigenvalue weighted by molar-refractivity contribution is -0.135. The Morgan fingerprint density at radius 2 is 1.44 bits per heavy atom. The minimum Gasteiger partial charge on any atom is -0.453 e. The van der Waals surface area contributed by atoms with Gasteiger partial charge in [-0.2, -0.15) is 5.26 Å². The van der Waals surface area contributed by atoms with Gasteiger partial charge in [0.15, 0.2) is 0 Å². The number of ether oxygens (including phenoxy) is 1. The quantitative estimate of drug-likeness (QED) is 0.0884. The van der Waals surface area contributed by atoms with Crippen molar-refractivity contribution in [3.63, 3.8) is 0 Å². The summed E-state index contributed by atoms with van der Waals surface area (Å²) in [7, 11) is 1.25. The van der Waals surface area contributed by atoms with Crippen LogP contribution in [0.15, 0.2) is 103 Å². The van der Waals surface area contributed by atoms with Crippen LogP contribution in [0.4, 0.5) is 4.79 Å². The molecule has 6 aromatic rings. The normalized spacial score (nSPS) is 12.7. The summed E-state index contributed by atoms with van der Waals surface area (Å²) in [5.41, 5.74) is 6.80. The summed E-state index contributed by atoms with van der Waals surface area (Å²) in [6, 6.07) is 32.0. The van der Waals surface area contributed by atoms with Crippen molar-refractivity contribution in [2.24, 2.45) is 11.8 Å². The summed E-state index contributed by atoms with van der Waals surface area (Å²) in [6.45, 7) is 10.5. The number of aromatic amines is 2. The number of amides is 3. The van der Waals surface area contributed by atoms with E-state index in [9.17, 15) is 19.6 Å². The van der Waals surface area contributed by atoms with Crippen LogP contribution >= 0.6 is 0 Å². The second-order valence-electron chi connectivity index (χ2n) is 15.3. The van der Waals surface area contributed by atoms with Gasteiger partial charge in [0.2, 0.25) is 11.8 Å². The van der Waals surface area contributed by atoms with E-state index in [1.165, 1.54) is 7.11 Å². The lowest BCUT2D eigenvalue weighted by Gasteiger charge is -2.29. The Bertz CT molecular complexity index is 2410. The van der Waals surface area contributed by atoms with Gasteiger partial charge in [-0.25, -0.2) is 14.8 Å². The van der Waals surface area contributed by atoms with E-state index in [0.717, 1.165) is 62.2 Å². The molecule has 0 spiro atoms. The average Bonchev–Trinajstić information content (AvgIpc) is 3.95. The number of carbonyl (C=O) groups excluding carboxylic acids is 3. The highest BCUT2D eigenvalue weighted by Gasteiger charge is 2.30. The number of aromatic nitrogens is 4. The Hall–Kier alpha value is -6.74. The number of carbonyl (C=O) groups is 3. The Balaban J connectivity index is 1.13. The molecule has 12 heteroatoms. The molecule has 3 amide bonds. The van der Waals surface area contributed by atoms with Crippen LogP contribution < -0.4 is 5.32 Å². The van der Waals surface area contributed by atoms with Crippen LogP contribution in [0.25, 0.3) is 44.4 Å². The van der Waals surface area contributed by atoms with E-state index in [2.05, 4.69) is 92.8 Å². The van der Waals surface area contributed by atoms with Gasteiger partial charge in [-0.15, -0.1) is 0 Å². The monoisotopic (exact) mass is 792 g/mol. The summed E-state index contributed by atoms with van der Waals surface area (Å²) in [4.78, 5) is 58.5. The summed E-state index contributed by atoms with van der Waals surface area (Å²) in [6.07, 6.45) is 4.10. The van der Waals surface area contributed by atoms with E-state index in [-0.39, 0.29) is 36.9 Å². The number of nitrogens with one attached hydrogen (secondary N) is 3. The molecule has 3 atom stereocenters. The van der Waals surface area contributed by atoms with E-state index in [1.807, 2.05) is 68.3 Å². The minimum atomic E-state index is -0.823. The van der Waals surface area contributed by atoms with E-state index in [1.54, 1.807) is 18.0 Å². The lowest BCUT2D eigenvalue weighted by atomic mass is 9.98. The maximum Gasteiger partial charge on any atom is 0.407 e. The van der Waals surface area contributed by atoms with Crippen LogP contribution in [0, 0.1) is 23.2 Å². The zero-order valence-corrected chi connectivity index (χ0v) is 34.5. The highest BCUT2D eigenvalue weighted by atomic mass is 16.5. The molecule has 0 unspecified atom stereocenters. The van der Waals surface area contributed by atoms with E-state index in [0.29, 0.717) is 18.8 Å². The van der Waals surface area contributed by atoms with Crippen molar-refractivity contribution in [3.05, 3.63) is 121 Å². The molecule has 0 saturated heterocycles. The molecule has 304 valence electrons. The molecule has 6 rings (SSSR count). The number of H-pyrrole nitrogens is 2. The predicted molar refractivity (Wildman–Crippen MR) is 229 cm³/mol. The summed E-state index contributed by atoms with van der Waals surface area (Å²) in [5, 5.41) is 14.3. The Morgan fingerprint density at radius 3 is 2.10 bits per heavy atom. The van der Waals surface area contributed by atoms with Crippen LogP contribution in [0.3, 0.4) is 0 Å². The Labute approximate surface area is 345 Å². The SMILES string of the molecule is CCCN(C(=O)Cc1ccccc1)[C@@H](C)c1ncc(-c2ccc(-c3ccc4cc(-c5cnc(CN(C[C@@H](C)C#N)C(=O)[C@@H](NC(=O)OC)C(C)C)[nH]5)ccc4c3)cc2)[nH]1. The van der Waals surface area contributed by atoms with Gasteiger partial charge in [-0.1, -0.05) is 99.6 Å². The molecule has 0 aliphatic carbocycles. The predicted octanol–water partition coefficient (Wildman–Crippen LogP) is 8.70.